The first-order valence-electron chi connectivity index (χ1n) is 9.95. The van der Waals surface area contributed by atoms with E-state index in [0.717, 1.165) is 47.4 Å². The fourth-order valence-electron chi connectivity index (χ4n) is 3.21. The number of rotatable bonds is 8. The third-order valence-corrected chi connectivity index (χ3v) is 5.71. The zero-order valence-corrected chi connectivity index (χ0v) is 20.1. The molecule has 1 heterocycles. The molecule has 0 bridgehead atoms. The number of nitrogens with one attached hydrogen (secondary N) is 3. The van der Waals surface area contributed by atoms with Crippen molar-refractivity contribution in [3.05, 3.63) is 59.9 Å². The Morgan fingerprint density at radius 1 is 1.20 bits per heavy atom. The summed E-state index contributed by atoms with van der Waals surface area (Å²) in [5.41, 5.74) is 2.03. The Balaban J connectivity index is 0.00000320. The van der Waals surface area contributed by atoms with Gasteiger partial charge in [0.2, 0.25) is 5.91 Å². The van der Waals surface area contributed by atoms with Crippen LogP contribution in [0.25, 0.3) is 0 Å². The third-order valence-electron chi connectivity index (χ3n) is 4.62. The smallest absolute Gasteiger partial charge is 0.225 e. The first-order chi connectivity index (χ1) is 14.2. The molecule has 0 spiro atoms. The second-order valence-corrected chi connectivity index (χ2v) is 8.01. The first kappa shape index (κ1) is 24.5. The van der Waals surface area contributed by atoms with Crippen LogP contribution in [0, 0.1) is 5.82 Å². The molecule has 0 aliphatic carbocycles. The number of nitrogens with zero attached hydrogens (tertiary/aromatic N) is 1. The molecule has 3 rings (SSSR count). The first-order valence-corrected chi connectivity index (χ1v) is 10.9. The van der Waals surface area contributed by atoms with Gasteiger partial charge in [-0.25, -0.2) is 4.39 Å². The van der Waals surface area contributed by atoms with Crippen molar-refractivity contribution in [1.29, 1.82) is 0 Å². The van der Waals surface area contributed by atoms with Gasteiger partial charge in [-0.05, 0) is 55.0 Å². The van der Waals surface area contributed by atoms with Crippen LogP contribution in [0.1, 0.15) is 31.2 Å². The van der Waals surface area contributed by atoms with Gasteiger partial charge in [0.15, 0.2) is 5.96 Å². The van der Waals surface area contributed by atoms with Crippen LogP contribution in [0.4, 0.5) is 10.1 Å². The SMILES string of the molecule is CCNC(=NCC1CC(=O)Nc2ccccc21)NCCCSc1ccc(F)cc1.I. The van der Waals surface area contributed by atoms with Crippen LogP contribution in [0.2, 0.25) is 0 Å². The van der Waals surface area contributed by atoms with Crippen LogP contribution < -0.4 is 16.0 Å². The number of hydrogen-bond acceptors (Lipinski definition) is 3. The molecular weight excluding hydrogens is 514 g/mol. The predicted molar refractivity (Wildman–Crippen MR) is 134 cm³/mol. The molecule has 1 atom stereocenters. The van der Waals surface area contributed by atoms with E-state index in [1.807, 2.05) is 25.1 Å². The molecule has 0 radical (unpaired) electrons. The van der Waals surface area contributed by atoms with E-state index in [9.17, 15) is 9.18 Å². The molecule has 1 unspecified atom stereocenters. The molecule has 0 aromatic heterocycles. The van der Waals surface area contributed by atoms with E-state index in [4.69, 9.17) is 4.99 Å². The summed E-state index contributed by atoms with van der Waals surface area (Å²) in [6.07, 6.45) is 1.41. The highest BCUT2D eigenvalue weighted by Crippen LogP contribution is 2.31. The van der Waals surface area contributed by atoms with Crippen molar-refractivity contribution in [2.75, 3.05) is 30.7 Å². The molecule has 1 aliphatic heterocycles. The Morgan fingerprint density at radius 3 is 2.73 bits per heavy atom. The number of amides is 1. The maximum Gasteiger partial charge on any atom is 0.225 e. The van der Waals surface area contributed by atoms with Crippen molar-refractivity contribution < 1.29 is 9.18 Å². The van der Waals surface area contributed by atoms with E-state index >= 15 is 0 Å². The number of guanidine groups is 1. The van der Waals surface area contributed by atoms with Gasteiger partial charge >= 0.3 is 0 Å². The number of thioether (sulfide) groups is 1. The number of carbonyl (C=O) groups excluding carboxylic acids is 1. The number of aliphatic imine (C=N–C) groups is 1. The number of carbonyl (C=O) groups is 1. The fraction of sp³-hybridized carbons (Fsp3) is 0.364. The minimum atomic E-state index is -0.208. The van der Waals surface area contributed by atoms with Gasteiger partial charge in [-0.1, -0.05) is 18.2 Å². The van der Waals surface area contributed by atoms with Crippen molar-refractivity contribution in [3.8, 4) is 0 Å². The molecule has 1 amide bonds. The monoisotopic (exact) mass is 542 g/mol. The van der Waals surface area contributed by atoms with E-state index in [2.05, 4.69) is 22.0 Å². The van der Waals surface area contributed by atoms with Crippen molar-refractivity contribution >= 4 is 53.3 Å². The highest BCUT2D eigenvalue weighted by atomic mass is 127. The van der Waals surface area contributed by atoms with Crippen LogP contribution in [0.15, 0.2) is 58.4 Å². The lowest BCUT2D eigenvalue weighted by Gasteiger charge is -2.24. The van der Waals surface area contributed by atoms with Crippen LogP contribution in [-0.4, -0.2) is 37.3 Å². The molecule has 162 valence electrons. The van der Waals surface area contributed by atoms with Crippen LogP contribution >= 0.6 is 35.7 Å². The van der Waals surface area contributed by atoms with E-state index < -0.39 is 0 Å². The van der Waals surface area contributed by atoms with E-state index in [-0.39, 0.29) is 41.6 Å². The normalized spacial score (nSPS) is 15.6. The Labute approximate surface area is 198 Å². The van der Waals surface area contributed by atoms with Gasteiger partial charge in [0.05, 0.1) is 6.54 Å². The Kier molecular flexibility index (Phi) is 10.4. The Hall–Kier alpha value is -1.81. The maximum atomic E-state index is 12.9. The zero-order valence-electron chi connectivity index (χ0n) is 17.0. The van der Waals surface area contributed by atoms with Gasteiger partial charge in [-0.3, -0.25) is 9.79 Å². The average Bonchev–Trinajstić information content (AvgIpc) is 2.72. The molecule has 2 aromatic rings. The second kappa shape index (κ2) is 12.8. The summed E-state index contributed by atoms with van der Waals surface area (Å²) in [4.78, 5) is 17.7. The molecule has 30 heavy (non-hydrogen) atoms. The number of para-hydroxylation sites is 1. The number of fused-ring (bicyclic) bond motifs is 1. The number of hydrogen-bond donors (Lipinski definition) is 3. The average molecular weight is 542 g/mol. The molecule has 1 aliphatic rings. The van der Waals surface area contributed by atoms with Gasteiger partial charge in [0.1, 0.15) is 5.82 Å². The Bertz CT molecular complexity index is 847. The van der Waals surface area contributed by atoms with E-state index in [0.29, 0.717) is 13.0 Å². The molecule has 8 heteroatoms. The topological polar surface area (TPSA) is 65.5 Å². The van der Waals surface area contributed by atoms with Crippen LogP contribution in [-0.2, 0) is 4.79 Å². The molecule has 0 saturated carbocycles. The molecule has 2 aromatic carbocycles. The molecule has 0 saturated heterocycles. The minimum Gasteiger partial charge on any atom is -0.357 e. The maximum absolute atomic E-state index is 12.9. The van der Waals surface area contributed by atoms with Gasteiger partial charge in [0.25, 0.3) is 0 Å². The van der Waals surface area contributed by atoms with Crippen molar-refractivity contribution in [2.24, 2.45) is 4.99 Å². The molecule has 5 nitrogen and oxygen atoms in total. The zero-order chi connectivity index (χ0) is 20.5. The summed E-state index contributed by atoms with van der Waals surface area (Å²) >= 11 is 1.71. The summed E-state index contributed by atoms with van der Waals surface area (Å²) in [5, 5.41) is 9.54. The van der Waals surface area contributed by atoms with Gasteiger partial charge in [-0.15, -0.1) is 35.7 Å². The van der Waals surface area contributed by atoms with Gasteiger partial charge < -0.3 is 16.0 Å². The summed E-state index contributed by atoms with van der Waals surface area (Å²) in [7, 11) is 0. The highest BCUT2D eigenvalue weighted by Gasteiger charge is 2.24. The lowest BCUT2D eigenvalue weighted by Crippen LogP contribution is -2.38. The molecular formula is C22H28FIN4OS. The number of benzene rings is 2. The largest absolute Gasteiger partial charge is 0.357 e. The lowest BCUT2D eigenvalue weighted by molar-refractivity contribution is -0.116. The standard InChI is InChI=1S/C22H27FN4OS.HI/c1-2-24-22(25-12-5-13-29-18-10-8-17(23)9-11-18)26-15-16-14-21(28)27-20-7-4-3-6-19(16)20;/h3-4,6-11,16H,2,5,12-15H2,1H3,(H,27,28)(H2,24,25,26);1H. The number of halogens is 2. The number of anilines is 1. The van der Waals surface area contributed by atoms with Crippen LogP contribution in [0.5, 0.6) is 0 Å². The molecule has 0 fully saturated rings. The molecule has 3 N–H and O–H groups in total. The van der Waals surface area contributed by atoms with E-state index in [1.165, 1.54) is 12.1 Å². The van der Waals surface area contributed by atoms with E-state index in [1.54, 1.807) is 23.9 Å². The summed E-state index contributed by atoms with van der Waals surface area (Å²) in [6.45, 7) is 4.16. The quantitative estimate of drug-likeness (QED) is 0.150. The summed E-state index contributed by atoms with van der Waals surface area (Å²) in [6, 6.07) is 14.5. The summed E-state index contributed by atoms with van der Waals surface area (Å²) < 4.78 is 12.9. The predicted octanol–water partition coefficient (Wildman–Crippen LogP) is 4.61. The van der Waals surface area contributed by atoms with Crippen molar-refractivity contribution in [1.82, 2.24) is 10.6 Å². The van der Waals surface area contributed by atoms with Crippen LogP contribution in [0.3, 0.4) is 0 Å². The van der Waals surface area contributed by atoms with Gasteiger partial charge in [0, 0.05) is 36.0 Å². The fourth-order valence-corrected chi connectivity index (χ4v) is 4.06. The summed E-state index contributed by atoms with van der Waals surface area (Å²) in [5.74, 6) is 1.63. The van der Waals surface area contributed by atoms with Gasteiger partial charge in [-0.2, -0.15) is 0 Å². The lowest BCUT2D eigenvalue weighted by atomic mass is 9.91. The Morgan fingerprint density at radius 2 is 1.97 bits per heavy atom. The highest BCUT2D eigenvalue weighted by molar-refractivity contribution is 14.0. The third kappa shape index (κ3) is 7.46. The van der Waals surface area contributed by atoms with Crippen molar-refractivity contribution in [2.45, 2.75) is 30.6 Å². The minimum absolute atomic E-state index is 0. The van der Waals surface area contributed by atoms with Crippen molar-refractivity contribution in [3.63, 3.8) is 0 Å². The second-order valence-electron chi connectivity index (χ2n) is 6.84.